The van der Waals surface area contributed by atoms with Gasteiger partial charge in [-0.1, -0.05) is 18.2 Å². The zero-order chi connectivity index (χ0) is 17.7. The summed E-state index contributed by atoms with van der Waals surface area (Å²) in [5.41, 5.74) is 1.50. The Hall–Kier alpha value is -3.29. The van der Waals surface area contributed by atoms with E-state index in [0.717, 1.165) is 11.1 Å². The van der Waals surface area contributed by atoms with Crippen LogP contribution in [0.2, 0.25) is 0 Å². The van der Waals surface area contributed by atoms with Crippen LogP contribution in [0.4, 0.5) is 10.5 Å². The molecule has 3 amide bonds. The fraction of sp³-hybridized carbons (Fsp3) is 0.278. The number of rotatable bonds is 3. The van der Waals surface area contributed by atoms with Crippen molar-refractivity contribution in [2.24, 2.45) is 0 Å². The third-order valence-electron chi connectivity index (χ3n) is 4.92. The second-order valence-electron chi connectivity index (χ2n) is 6.57. The highest BCUT2D eigenvalue weighted by atomic mass is 16.3. The van der Waals surface area contributed by atoms with Crippen molar-refractivity contribution in [3.63, 3.8) is 0 Å². The van der Waals surface area contributed by atoms with Crippen molar-refractivity contribution in [3.8, 4) is 0 Å². The molecule has 3 aromatic rings. The first kappa shape index (κ1) is 15.0. The molecule has 0 unspecified atom stereocenters. The second kappa shape index (κ2) is 5.62. The van der Waals surface area contributed by atoms with E-state index in [4.69, 9.17) is 4.42 Å². The van der Waals surface area contributed by atoms with Gasteiger partial charge in [-0.2, -0.15) is 5.10 Å². The monoisotopic (exact) mass is 351 g/mol. The van der Waals surface area contributed by atoms with Crippen molar-refractivity contribution in [1.29, 1.82) is 0 Å². The van der Waals surface area contributed by atoms with Gasteiger partial charge in [0.2, 0.25) is 0 Å². The SMILES string of the molecule is O=C(c1cc2ccccc2o1)N1CC(n2cc(N3CCNC3=O)cn2)C1. The lowest BCUT2D eigenvalue weighted by Crippen LogP contribution is -2.50. The molecule has 2 aromatic heterocycles. The highest BCUT2D eigenvalue weighted by Crippen LogP contribution is 2.27. The molecule has 0 saturated carbocycles. The number of aromatic nitrogens is 2. The van der Waals surface area contributed by atoms with Gasteiger partial charge < -0.3 is 14.6 Å². The van der Waals surface area contributed by atoms with E-state index in [0.29, 0.717) is 37.5 Å². The van der Waals surface area contributed by atoms with Crippen LogP contribution >= 0.6 is 0 Å². The maximum Gasteiger partial charge on any atom is 0.322 e. The van der Waals surface area contributed by atoms with Crippen molar-refractivity contribution < 1.29 is 14.0 Å². The molecule has 2 aliphatic heterocycles. The Balaban J connectivity index is 1.26. The zero-order valence-corrected chi connectivity index (χ0v) is 14.0. The van der Waals surface area contributed by atoms with Crippen molar-refractivity contribution in [3.05, 3.63) is 48.5 Å². The summed E-state index contributed by atoms with van der Waals surface area (Å²) in [7, 11) is 0. The first-order valence-corrected chi connectivity index (χ1v) is 8.56. The summed E-state index contributed by atoms with van der Waals surface area (Å²) in [4.78, 5) is 27.7. The lowest BCUT2D eigenvalue weighted by atomic mass is 10.1. The van der Waals surface area contributed by atoms with Gasteiger partial charge in [0.05, 0.1) is 17.9 Å². The third-order valence-corrected chi connectivity index (χ3v) is 4.92. The topological polar surface area (TPSA) is 83.6 Å². The molecule has 26 heavy (non-hydrogen) atoms. The van der Waals surface area contributed by atoms with Crippen LogP contribution in [-0.4, -0.2) is 52.8 Å². The smallest absolute Gasteiger partial charge is 0.322 e. The van der Waals surface area contributed by atoms with Crippen LogP contribution in [0.1, 0.15) is 16.6 Å². The van der Waals surface area contributed by atoms with E-state index in [9.17, 15) is 9.59 Å². The molecule has 2 saturated heterocycles. The van der Waals surface area contributed by atoms with Gasteiger partial charge in [0.25, 0.3) is 5.91 Å². The Morgan fingerprint density at radius 1 is 1.27 bits per heavy atom. The molecule has 0 aliphatic carbocycles. The molecule has 1 N–H and O–H groups in total. The predicted octanol–water partition coefficient (Wildman–Crippen LogP) is 1.86. The summed E-state index contributed by atoms with van der Waals surface area (Å²) in [5, 5.41) is 8.05. The molecular weight excluding hydrogens is 334 g/mol. The quantitative estimate of drug-likeness (QED) is 0.781. The van der Waals surface area contributed by atoms with Crippen molar-refractivity contribution >= 4 is 28.6 Å². The Kier molecular flexibility index (Phi) is 3.24. The van der Waals surface area contributed by atoms with Crippen LogP contribution in [0.3, 0.4) is 0 Å². The number of nitrogens with zero attached hydrogens (tertiary/aromatic N) is 4. The number of para-hydroxylation sites is 1. The molecule has 2 fully saturated rings. The third kappa shape index (κ3) is 2.33. The number of amides is 3. The Morgan fingerprint density at radius 2 is 2.12 bits per heavy atom. The molecule has 8 heteroatoms. The van der Waals surface area contributed by atoms with Gasteiger partial charge in [-0.05, 0) is 12.1 Å². The number of likely N-dealkylation sites (tertiary alicyclic amines) is 1. The van der Waals surface area contributed by atoms with E-state index in [1.807, 2.05) is 35.1 Å². The number of carbonyl (C=O) groups excluding carboxylic acids is 2. The van der Waals surface area contributed by atoms with Crippen LogP contribution in [0.25, 0.3) is 11.0 Å². The molecule has 8 nitrogen and oxygen atoms in total. The molecular formula is C18H17N5O3. The van der Waals surface area contributed by atoms with E-state index in [1.165, 1.54) is 0 Å². The van der Waals surface area contributed by atoms with Crippen LogP contribution < -0.4 is 10.2 Å². The maximum absolute atomic E-state index is 12.6. The van der Waals surface area contributed by atoms with Crippen molar-refractivity contribution in [2.45, 2.75) is 6.04 Å². The van der Waals surface area contributed by atoms with E-state index in [-0.39, 0.29) is 18.0 Å². The molecule has 4 heterocycles. The molecule has 2 aliphatic rings. The number of benzene rings is 1. The Bertz CT molecular complexity index is 968. The molecule has 1 aromatic carbocycles. The second-order valence-corrected chi connectivity index (χ2v) is 6.57. The van der Waals surface area contributed by atoms with Gasteiger partial charge in [-0.25, -0.2) is 4.79 Å². The van der Waals surface area contributed by atoms with Crippen LogP contribution in [0.5, 0.6) is 0 Å². The summed E-state index contributed by atoms with van der Waals surface area (Å²) in [6.45, 7) is 2.44. The summed E-state index contributed by atoms with van der Waals surface area (Å²) < 4.78 is 7.47. The zero-order valence-electron chi connectivity index (χ0n) is 14.0. The fourth-order valence-corrected chi connectivity index (χ4v) is 3.42. The minimum atomic E-state index is -0.108. The number of hydrogen-bond acceptors (Lipinski definition) is 4. The molecule has 0 atom stereocenters. The highest BCUT2D eigenvalue weighted by Gasteiger charge is 2.35. The number of fused-ring (bicyclic) bond motifs is 1. The first-order chi connectivity index (χ1) is 12.7. The fourth-order valence-electron chi connectivity index (χ4n) is 3.42. The summed E-state index contributed by atoms with van der Waals surface area (Å²) in [5.74, 6) is 0.253. The molecule has 5 rings (SSSR count). The lowest BCUT2D eigenvalue weighted by molar-refractivity contribution is 0.0472. The standard InChI is InChI=1S/C18H17N5O3/c24-17(16-7-12-3-1-2-4-15(12)26-16)21-9-14(10-21)23-11-13(8-20-23)22-6-5-19-18(22)25/h1-4,7-8,11,14H,5-6,9-10H2,(H,19,25). The van der Waals surface area contributed by atoms with Gasteiger partial charge in [-0.15, -0.1) is 0 Å². The van der Waals surface area contributed by atoms with Gasteiger partial charge in [-0.3, -0.25) is 14.4 Å². The highest BCUT2D eigenvalue weighted by molar-refractivity contribution is 5.96. The summed E-state index contributed by atoms with van der Waals surface area (Å²) in [6, 6.07) is 9.38. The van der Waals surface area contributed by atoms with Gasteiger partial charge >= 0.3 is 6.03 Å². The molecule has 0 bridgehead atoms. The number of anilines is 1. The van der Waals surface area contributed by atoms with Crippen LogP contribution in [0.15, 0.2) is 47.1 Å². The van der Waals surface area contributed by atoms with Crippen molar-refractivity contribution in [2.75, 3.05) is 31.1 Å². The maximum atomic E-state index is 12.6. The van der Waals surface area contributed by atoms with Gasteiger partial charge in [0, 0.05) is 37.8 Å². The van der Waals surface area contributed by atoms with Crippen LogP contribution in [0, 0.1) is 0 Å². The number of urea groups is 1. The normalized spacial score (nSPS) is 17.6. The van der Waals surface area contributed by atoms with Gasteiger partial charge in [0.1, 0.15) is 5.58 Å². The average molecular weight is 351 g/mol. The number of hydrogen-bond donors (Lipinski definition) is 1. The van der Waals surface area contributed by atoms with E-state index < -0.39 is 0 Å². The van der Waals surface area contributed by atoms with Crippen LogP contribution in [-0.2, 0) is 0 Å². The van der Waals surface area contributed by atoms with E-state index in [1.54, 1.807) is 22.1 Å². The average Bonchev–Trinajstić information content (AvgIpc) is 3.31. The van der Waals surface area contributed by atoms with E-state index in [2.05, 4.69) is 10.4 Å². The Morgan fingerprint density at radius 3 is 2.88 bits per heavy atom. The minimum Gasteiger partial charge on any atom is -0.451 e. The first-order valence-electron chi connectivity index (χ1n) is 8.56. The van der Waals surface area contributed by atoms with Gasteiger partial charge in [0.15, 0.2) is 5.76 Å². The lowest BCUT2D eigenvalue weighted by Gasteiger charge is -2.38. The Labute approximate surface area is 149 Å². The summed E-state index contributed by atoms with van der Waals surface area (Å²) in [6.07, 6.45) is 3.55. The molecule has 0 radical (unpaired) electrons. The summed E-state index contributed by atoms with van der Waals surface area (Å²) >= 11 is 0. The number of furan rings is 1. The molecule has 0 spiro atoms. The minimum absolute atomic E-state index is 0.0974. The van der Waals surface area contributed by atoms with E-state index >= 15 is 0 Å². The number of nitrogens with one attached hydrogen (secondary N) is 1. The largest absolute Gasteiger partial charge is 0.451 e. The van der Waals surface area contributed by atoms with Crippen molar-refractivity contribution in [1.82, 2.24) is 20.0 Å². The predicted molar refractivity (Wildman–Crippen MR) is 94.1 cm³/mol. The number of carbonyl (C=O) groups is 2. The molecule has 132 valence electrons.